The number of morpholine rings is 1. The molecule has 1 fully saturated rings. The van der Waals surface area contributed by atoms with Crippen molar-refractivity contribution >= 4 is 22.4 Å². The van der Waals surface area contributed by atoms with Crippen molar-refractivity contribution < 1.29 is 9.53 Å². The Kier molecular flexibility index (Phi) is 4.68. The van der Waals surface area contributed by atoms with Gasteiger partial charge in [-0.1, -0.05) is 13.8 Å². The molecule has 2 N–H and O–H groups in total. The molecule has 2 heterocycles. The van der Waals surface area contributed by atoms with Crippen molar-refractivity contribution in [1.82, 2.24) is 10.3 Å². The molecule has 1 aliphatic rings. The van der Waals surface area contributed by atoms with E-state index in [2.05, 4.69) is 29.5 Å². The number of carbonyl (C=O) groups excluding carboxylic acids is 1. The number of hydrogen-bond donors (Lipinski definition) is 2. The van der Waals surface area contributed by atoms with Crippen molar-refractivity contribution in [2.24, 2.45) is 0 Å². The third kappa shape index (κ3) is 3.76. The van der Waals surface area contributed by atoms with E-state index in [1.165, 1.54) is 11.3 Å². The zero-order valence-corrected chi connectivity index (χ0v) is 11.5. The monoisotopic (exact) mass is 269 g/mol. The Morgan fingerprint density at radius 1 is 1.72 bits per heavy atom. The van der Waals surface area contributed by atoms with Crippen LogP contribution in [0, 0.1) is 0 Å². The summed E-state index contributed by atoms with van der Waals surface area (Å²) in [6, 6.07) is 0. The Labute approximate surface area is 111 Å². The van der Waals surface area contributed by atoms with Crippen molar-refractivity contribution in [1.29, 1.82) is 0 Å². The lowest BCUT2D eigenvalue weighted by Gasteiger charge is -2.22. The van der Waals surface area contributed by atoms with Crippen LogP contribution in [0.2, 0.25) is 0 Å². The third-order valence-electron chi connectivity index (χ3n) is 2.78. The lowest BCUT2D eigenvalue weighted by molar-refractivity contribution is -0.119. The maximum atomic E-state index is 11.8. The van der Waals surface area contributed by atoms with Gasteiger partial charge in [-0.05, 0) is 5.92 Å². The minimum absolute atomic E-state index is 0.0247. The molecule has 1 aromatic rings. The van der Waals surface area contributed by atoms with Crippen LogP contribution in [0.4, 0.5) is 5.13 Å². The number of thiazole rings is 1. The molecule has 0 radical (unpaired) electrons. The molecule has 0 aliphatic carbocycles. The van der Waals surface area contributed by atoms with E-state index in [0.717, 1.165) is 18.8 Å². The van der Waals surface area contributed by atoms with Crippen LogP contribution in [-0.2, 0) is 9.53 Å². The summed E-state index contributed by atoms with van der Waals surface area (Å²) < 4.78 is 5.49. The van der Waals surface area contributed by atoms with E-state index in [-0.39, 0.29) is 12.0 Å². The first-order valence-corrected chi connectivity index (χ1v) is 7.10. The second-order valence-corrected chi connectivity index (χ2v) is 5.54. The molecule has 0 aromatic carbocycles. The fraction of sp³-hybridized carbons (Fsp3) is 0.667. The van der Waals surface area contributed by atoms with E-state index >= 15 is 0 Å². The number of amides is 1. The van der Waals surface area contributed by atoms with Crippen LogP contribution in [0.1, 0.15) is 31.9 Å². The van der Waals surface area contributed by atoms with Gasteiger partial charge < -0.3 is 15.4 Å². The lowest BCUT2D eigenvalue weighted by atomic mass is 10.2. The number of anilines is 1. The molecule has 1 saturated heterocycles. The van der Waals surface area contributed by atoms with Crippen molar-refractivity contribution in [2.45, 2.75) is 32.3 Å². The zero-order valence-electron chi connectivity index (χ0n) is 10.7. The number of nitrogens with one attached hydrogen (secondary N) is 2. The Morgan fingerprint density at radius 3 is 3.17 bits per heavy atom. The summed E-state index contributed by atoms with van der Waals surface area (Å²) in [5, 5.41) is 8.69. The van der Waals surface area contributed by atoms with Gasteiger partial charge >= 0.3 is 0 Å². The predicted molar refractivity (Wildman–Crippen MR) is 72.1 cm³/mol. The van der Waals surface area contributed by atoms with Crippen LogP contribution in [-0.4, -0.2) is 36.7 Å². The fourth-order valence-electron chi connectivity index (χ4n) is 1.74. The molecule has 0 saturated carbocycles. The second kappa shape index (κ2) is 6.26. The minimum Gasteiger partial charge on any atom is -0.375 e. The molecule has 18 heavy (non-hydrogen) atoms. The summed E-state index contributed by atoms with van der Waals surface area (Å²) in [6.45, 7) is 6.45. The van der Waals surface area contributed by atoms with Gasteiger partial charge in [0.1, 0.15) is 0 Å². The van der Waals surface area contributed by atoms with Crippen molar-refractivity contribution in [3.8, 4) is 0 Å². The number of aromatic nitrogens is 1. The third-order valence-corrected chi connectivity index (χ3v) is 3.55. The average molecular weight is 269 g/mol. The summed E-state index contributed by atoms with van der Waals surface area (Å²) in [6.07, 6.45) is 0.354. The van der Waals surface area contributed by atoms with Crippen LogP contribution in [0.15, 0.2) is 5.38 Å². The first-order chi connectivity index (χ1) is 8.65. The molecule has 1 aliphatic heterocycles. The highest BCUT2D eigenvalue weighted by molar-refractivity contribution is 7.13. The molecular weight excluding hydrogens is 250 g/mol. The number of rotatable bonds is 4. The molecule has 5 nitrogen and oxygen atoms in total. The van der Waals surface area contributed by atoms with Gasteiger partial charge in [0, 0.05) is 18.5 Å². The summed E-state index contributed by atoms with van der Waals surface area (Å²) >= 11 is 1.47. The minimum atomic E-state index is -0.0339. The number of carbonyl (C=O) groups is 1. The van der Waals surface area contributed by atoms with E-state index in [0.29, 0.717) is 24.1 Å². The number of ether oxygens (including phenoxy) is 1. The highest BCUT2D eigenvalue weighted by atomic mass is 32.1. The smallest absolute Gasteiger partial charge is 0.228 e. The van der Waals surface area contributed by atoms with Crippen LogP contribution >= 0.6 is 11.3 Å². The van der Waals surface area contributed by atoms with Crippen LogP contribution in [0.25, 0.3) is 0 Å². The highest BCUT2D eigenvalue weighted by Gasteiger charge is 2.18. The summed E-state index contributed by atoms with van der Waals surface area (Å²) in [4.78, 5) is 16.2. The largest absolute Gasteiger partial charge is 0.375 e. The molecule has 1 aromatic heterocycles. The molecule has 1 atom stereocenters. The van der Waals surface area contributed by atoms with Gasteiger partial charge in [-0.15, -0.1) is 11.3 Å². The molecular formula is C12H19N3O2S. The maximum absolute atomic E-state index is 11.8. The Hall–Kier alpha value is -0.980. The van der Waals surface area contributed by atoms with E-state index < -0.39 is 0 Å². The van der Waals surface area contributed by atoms with Gasteiger partial charge in [0.05, 0.1) is 24.8 Å². The number of nitrogens with zero attached hydrogens (tertiary/aromatic N) is 1. The van der Waals surface area contributed by atoms with Crippen molar-refractivity contribution in [2.75, 3.05) is 25.0 Å². The van der Waals surface area contributed by atoms with Crippen LogP contribution in [0.3, 0.4) is 0 Å². The van der Waals surface area contributed by atoms with E-state index in [1.54, 1.807) is 0 Å². The molecule has 0 spiro atoms. The van der Waals surface area contributed by atoms with Gasteiger partial charge in [-0.3, -0.25) is 4.79 Å². The van der Waals surface area contributed by atoms with Crippen molar-refractivity contribution in [3.63, 3.8) is 0 Å². The SMILES string of the molecule is CC(C)c1csc(NC(=O)CC2CNCCO2)n1. The second-order valence-electron chi connectivity index (χ2n) is 4.68. The topological polar surface area (TPSA) is 63.2 Å². The lowest BCUT2D eigenvalue weighted by Crippen LogP contribution is -2.40. The fourth-order valence-corrected chi connectivity index (χ4v) is 2.62. The van der Waals surface area contributed by atoms with Gasteiger partial charge in [-0.2, -0.15) is 0 Å². The Morgan fingerprint density at radius 2 is 2.56 bits per heavy atom. The van der Waals surface area contributed by atoms with Gasteiger partial charge in [0.25, 0.3) is 0 Å². The quantitative estimate of drug-likeness (QED) is 0.871. The Balaban J connectivity index is 1.82. The molecule has 1 amide bonds. The van der Waals surface area contributed by atoms with E-state index in [4.69, 9.17) is 4.74 Å². The zero-order chi connectivity index (χ0) is 13.0. The maximum Gasteiger partial charge on any atom is 0.228 e. The normalized spacial score (nSPS) is 20.1. The molecule has 6 heteroatoms. The van der Waals surface area contributed by atoms with Gasteiger partial charge in [0.15, 0.2) is 5.13 Å². The summed E-state index contributed by atoms with van der Waals surface area (Å²) in [5.41, 5.74) is 1.02. The summed E-state index contributed by atoms with van der Waals surface area (Å²) in [5.74, 6) is 0.353. The first-order valence-electron chi connectivity index (χ1n) is 6.22. The van der Waals surface area contributed by atoms with Crippen LogP contribution in [0.5, 0.6) is 0 Å². The van der Waals surface area contributed by atoms with Gasteiger partial charge in [-0.25, -0.2) is 4.98 Å². The van der Waals surface area contributed by atoms with E-state index in [9.17, 15) is 4.79 Å². The molecule has 2 rings (SSSR count). The number of hydrogen-bond acceptors (Lipinski definition) is 5. The van der Waals surface area contributed by atoms with Gasteiger partial charge in [0.2, 0.25) is 5.91 Å². The Bertz CT molecular complexity index is 400. The van der Waals surface area contributed by atoms with Crippen molar-refractivity contribution in [3.05, 3.63) is 11.1 Å². The highest BCUT2D eigenvalue weighted by Crippen LogP contribution is 2.21. The summed E-state index contributed by atoms with van der Waals surface area (Å²) in [7, 11) is 0. The standard InChI is InChI=1S/C12H19N3O2S/c1-8(2)10-7-18-12(14-10)15-11(16)5-9-6-13-3-4-17-9/h7-9,13H,3-6H2,1-2H3,(H,14,15,16). The van der Waals surface area contributed by atoms with Crippen LogP contribution < -0.4 is 10.6 Å². The molecule has 1 unspecified atom stereocenters. The predicted octanol–water partition coefficient (Wildman–Crippen LogP) is 1.58. The molecule has 100 valence electrons. The first kappa shape index (κ1) is 13.5. The average Bonchev–Trinajstić information content (AvgIpc) is 2.78. The van der Waals surface area contributed by atoms with E-state index in [1.807, 2.05) is 5.38 Å². The molecule has 0 bridgehead atoms.